The van der Waals surface area contributed by atoms with E-state index >= 15 is 0 Å². The average Bonchev–Trinajstić information content (AvgIpc) is 2.82. The number of likely N-dealkylation sites (tertiary alicyclic amines) is 1. The number of carbonyl (C=O) groups excluding carboxylic acids is 2. The van der Waals surface area contributed by atoms with E-state index < -0.39 is 5.97 Å². The number of aryl methyl sites for hydroxylation is 1. The third-order valence-corrected chi connectivity index (χ3v) is 4.38. The summed E-state index contributed by atoms with van der Waals surface area (Å²) in [5, 5.41) is 1.85. The van der Waals surface area contributed by atoms with Crippen molar-refractivity contribution in [3.05, 3.63) is 21.9 Å². The molecule has 1 amide bonds. The van der Waals surface area contributed by atoms with Crippen molar-refractivity contribution in [1.29, 1.82) is 0 Å². The summed E-state index contributed by atoms with van der Waals surface area (Å²) in [6, 6.07) is 1.87. The third-order valence-electron chi connectivity index (χ3n) is 3.38. The number of thiophene rings is 1. The molecule has 0 unspecified atom stereocenters. The van der Waals surface area contributed by atoms with Crippen LogP contribution in [0.1, 0.15) is 35.0 Å². The molecule has 1 aromatic heterocycles. The van der Waals surface area contributed by atoms with Gasteiger partial charge in [0.15, 0.2) is 6.61 Å². The molecule has 0 N–H and O–H groups in total. The smallest absolute Gasteiger partial charge is 0.349 e. The van der Waals surface area contributed by atoms with Gasteiger partial charge in [-0.3, -0.25) is 4.79 Å². The number of esters is 1. The summed E-state index contributed by atoms with van der Waals surface area (Å²) in [5.74, 6) is 0.0490. The normalized spacial score (nSPS) is 19.3. The summed E-state index contributed by atoms with van der Waals surface area (Å²) >= 11 is 1.35. The van der Waals surface area contributed by atoms with Crippen LogP contribution in [0.15, 0.2) is 11.4 Å². The van der Waals surface area contributed by atoms with Gasteiger partial charge in [-0.05, 0) is 42.7 Å². The van der Waals surface area contributed by atoms with Crippen molar-refractivity contribution in [3.63, 3.8) is 0 Å². The Kier molecular flexibility index (Phi) is 4.58. The van der Waals surface area contributed by atoms with Crippen LogP contribution in [-0.2, 0) is 9.53 Å². The number of rotatable bonds is 3. The molecule has 104 valence electrons. The topological polar surface area (TPSA) is 46.6 Å². The molecular weight excluding hydrogens is 262 g/mol. The highest BCUT2D eigenvalue weighted by molar-refractivity contribution is 7.12. The fourth-order valence-corrected chi connectivity index (χ4v) is 3.10. The van der Waals surface area contributed by atoms with Gasteiger partial charge >= 0.3 is 5.97 Å². The fourth-order valence-electron chi connectivity index (χ4n) is 2.28. The van der Waals surface area contributed by atoms with Crippen molar-refractivity contribution in [2.24, 2.45) is 5.92 Å². The molecule has 1 aliphatic rings. The van der Waals surface area contributed by atoms with E-state index in [4.69, 9.17) is 4.74 Å². The molecule has 0 bridgehead atoms. The van der Waals surface area contributed by atoms with E-state index in [0.717, 1.165) is 31.5 Å². The first-order valence-electron chi connectivity index (χ1n) is 6.57. The molecule has 1 aromatic rings. The number of hydrogen-bond donors (Lipinski definition) is 0. The van der Waals surface area contributed by atoms with Crippen molar-refractivity contribution in [2.75, 3.05) is 19.7 Å². The maximum Gasteiger partial charge on any atom is 0.349 e. The Hall–Kier alpha value is -1.36. The molecule has 2 heterocycles. The van der Waals surface area contributed by atoms with Crippen molar-refractivity contribution in [3.8, 4) is 0 Å². The van der Waals surface area contributed by atoms with Crippen molar-refractivity contribution >= 4 is 23.2 Å². The van der Waals surface area contributed by atoms with Gasteiger partial charge in [0, 0.05) is 13.1 Å². The number of piperidine rings is 1. The first-order valence-corrected chi connectivity index (χ1v) is 7.45. The van der Waals surface area contributed by atoms with Crippen LogP contribution in [0.25, 0.3) is 0 Å². The maximum atomic E-state index is 12.0. The minimum Gasteiger partial charge on any atom is -0.451 e. The summed E-state index contributed by atoms with van der Waals surface area (Å²) in [6.07, 6.45) is 2.20. The molecule has 0 aromatic carbocycles. The van der Waals surface area contributed by atoms with Gasteiger partial charge in [-0.15, -0.1) is 11.3 Å². The standard InChI is InChI=1S/C14H19NO3S/c1-10-4-3-6-15(8-10)12(16)9-18-14(17)13-11(2)5-7-19-13/h5,7,10H,3-4,6,8-9H2,1-2H3/t10-/m1/s1. The maximum absolute atomic E-state index is 12.0. The van der Waals surface area contributed by atoms with Crippen LogP contribution in [0, 0.1) is 12.8 Å². The van der Waals surface area contributed by atoms with Crippen LogP contribution in [0.3, 0.4) is 0 Å². The molecule has 0 aliphatic carbocycles. The Labute approximate surface area is 117 Å². The Balaban J connectivity index is 1.83. The second kappa shape index (κ2) is 6.19. The van der Waals surface area contributed by atoms with E-state index in [0.29, 0.717) is 10.8 Å². The molecule has 4 nitrogen and oxygen atoms in total. The quantitative estimate of drug-likeness (QED) is 0.800. The number of ether oxygens (including phenoxy) is 1. The SMILES string of the molecule is Cc1ccsc1C(=O)OCC(=O)N1CCC[C@@H](C)C1. The summed E-state index contributed by atoms with van der Waals surface area (Å²) in [7, 11) is 0. The summed E-state index contributed by atoms with van der Waals surface area (Å²) in [5.41, 5.74) is 0.897. The highest BCUT2D eigenvalue weighted by atomic mass is 32.1. The van der Waals surface area contributed by atoms with Crippen LogP contribution in [0.5, 0.6) is 0 Å². The van der Waals surface area contributed by atoms with Gasteiger partial charge in [-0.2, -0.15) is 0 Å². The van der Waals surface area contributed by atoms with Crippen molar-refractivity contribution in [2.45, 2.75) is 26.7 Å². The van der Waals surface area contributed by atoms with E-state index in [-0.39, 0.29) is 12.5 Å². The molecule has 0 radical (unpaired) electrons. The molecule has 19 heavy (non-hydrogen) atoms. The molecule has 1 fully saturated rings. The Bertz CT molecular complexity index is 469. The van der Waals surface area contributed by atoms with Gasteiger partial charge < -0.3 is 9.64 Å². The van der Waals surface area contributed by atoms with Crippen molar-refractivity contribution < 1.29 is 14.3 Å². The minimum absolute atomic E-state index is 0.0888. The molecule has 1 atom stereocenters. The fraction of sp³-hybridized carbons (Fsp3) is 0.571. The third kappa shape index (κ3) is 3.56. The monoisotopic (exact) mass is 281 g/mol. The second-order valence-electron chi connectivity index (χ2n) is 5.10. The van der Waals surface area contributed by atoms with Gasteiger partial charge in [0.05, 0.1) is 0 Å². The summed E-state index contributed by atoms with van der Waals surface area (Å²) in [6.45, 7) is 5.40. The zero-order valence-electron chi connectivity index (χ0n) is 11.3. The number of carbonyl (C=O) groups is 2. The molecule has 0 saturated carbocycles. The Morgan fingerprint density at radius 2 is 2.32 bits per heavy atom. The molecule has 5 heteroatoms. The van der Waals surface area contributed by atoms with Crippen LogP contribution >= 0.6 is 11.3 Å². The lowest BCUT2D eigenvalue weighted by Crippen LogP contribution is -2.41. The predicted molar refractivity (Wildman–Crippen MR) is 74.3 cm³/mol. The zero-order valence-corrected chi connectivity index (χ0v) is 12.2. The first kappa shape index (κ1) is 14.1. The van der Waals surface area contributed by atoms with Gasteiger partial charge in [-0.1, -0.05) is 6.92 Å². The van der Waals surface area contributed by atoms with Crippen LogP contribution in [0.4, 0.5) is 0 Å². The second-order valence-corrected chi connectivity index (χ2v) is 6.01. The molecular formula is C14H19NO3S. The van der Waals surface area contributed by atoms with Gasteiger partial charge in [-0.25, -0.2) is 4.79 Å². The molecule has 1 saturated heterocycles. The molecule has 1 aliphatic heterocycles. The van der Waals surface area contributed by atoms with Crippen LogP contribution in [0.2, 0.25) is 0 Å². The largest absolute Gasteiger partial charge is 0.451 e. The van der Waals surface area contributed by atoms with E-state index in [1.165, 1.54) is 11.3 Å². The minimum atomic E-state index is -0.397. The average molecular weight is 281 g/mol. The highest BCUT2D eigenvalue weighted by Gasteiger charge is 2.22. The Morgan fingerprint density at radius 1 is 1.53 bits per heavy atom. The Morgan fingerprint density at radius 3 is 2.95 bits per heavy atom. The predicted octanol–water partition coefficient (Wildman–Crippen LogP) is 2.47. The van der Waals surface area contributed by atoms with Crippen LogP contribution in [-0.4, -0.2) is 36.5 Å². The van der Waals surface area contributed by atoms with Gasteiger partial charge in [0.25, 0.3) is 5.91 Å². The number of hydrogen-bond acceptors (Lipinski definition) is 4. The van der Waals surface area contributed by atoms with E-state index in [1.807, 2.05) is 18.4 Å². The van der Waals surface area contributed by atoms with E-state index in [1.54, 1.807) is 4.90 Å². The van der Waals surface area contributed by atoms with Gasteiger partial charge in [0.1, 0.15) is 4.88 Å². The lowest BCUT2D eigenvalue weighted by molar-refractivity contribution is -0.136. The number of nitrogens with zero attached hydrogens (tertiary/aromatic N) is 1. The van der Waals surface area contributed by atoms with Crippen molar-refractivity contribution in [1.82, 2.24) is 4.90 Å². The molecule has 0 spiro atoms. The van der Waals surface area contributed by atoms with Gasteiger partial charge in [0.2, 0.25) is 0 Å². The van der Waals surface area contributed by atoms with Crippen LogP contribution < -0.4 is 0 Å². The lowest BCUT2D eigenvalue weighted by Gasteiger charge is -2.30. The van der Waals surface area contributed by atoms with E-state index in [9.17, 15) is 9.59 Å². The van der Waals surface area contributed by atoms with E-state index in [2.05, 4.69) is 6.92 Å². The summed E-state index contributed by atoms with van der Waals surface area (Å²) < 4.78 is 5.10. The first-order chi connectivity index (χ1) is 9.08. The highest BCUT2D eigenvalue weighted by Crippen LogP contribution is 2.18. The summed E-state index contributed by atoms with van der Waals surface area (Å²) in [4.78, 5) is 26.1. The zero-order chi connectivity index (χ0) is 13.8. The lowest BCUT2D eigenvalue weighted by atomic mass is 10.0. The number of amides is 1. The molecule has 2 rings (SSSR count).